The van der Waals surface area contributed by atoms with E-state index in [4.69, 9.17) is 9.47 Å². The predicted molar refractivity (Wildman–Crippen MR) is 95.6 cm³/mol. The van der Waals surface area contributed by atoms with Gasteiger partial charge < -0.3 is 14.8 Å². The van der Waals surface area contributed by atoms with Gasteiger partial charge in [0.25, 0.3) is 0 Å². The first-order valence-corrected chi connectivity index (χ1v) is 8.34. The molecular weight excluding hydrogens is 322 g/mol. The van der Waals surface area contributed by atoms with Gasteiger partial charge in [-0.2, -0.15) is 0 Å². The van der Waals surface area contributed by atoms with E-state index in [0.717, 1.165) is 10.9 Å². The molecule has 0 bridgehead atoms. The molecule has 0 aliphatic carbocycles. The lowest BCUT2D eigenvalue weighted by molar-refractivity contribution is -0.384. The van der Waals surface area contributed by atoms with Crippen LogP contribution in [0.3, 0.4) is 0 Å². The highest BCUT2D eigenvalue weighted by Gasteiger charge is 2.37. The van der Waals surface area contributed by atoms with Crippen molar-refractivity contribution < 1.29 is 14.4 Å². The molecule has 1 N–H and O–H groups in total. The Bertz CT molecular complexity index is 785. The molecular formula is C18H23N3O4. The van der Waals surface area contributed by atoms with Gasteiger partial charge in [-0.3, -0.25) is 10.1 Å². The zero-order valence-electron chi connectivity index (χ0n) is 14.7. The fourth-order valence-corrected chi connectivity index (χ4v) is 3.37. The summed E-state index contributed by atoms with van der Waals surface area (Å²) in [6.07, 6.45) is 1.99. The topological polar surface area (TPSA) is 86.5 Å². The van der Waals surface area contributed by atoms with Crippen LogP contribution in [0.5, 0.6) is 0 Å². The van der Waals surface area contributed by atoms with Crippen LogP contribution in [0.1, 0.15) is 27.2 Å². The number of nitro groups is 1. The highest BCUT2D eigenvalue weighted by atomic mass is 16.7. The average Bonchev–Trinajstić information content (AvgIpc) is 2.97. The minimum Gasteiger partial charge on any atom is -0.378 e. The first-order chi connectivity index (χ1) is 11.8. The van der Waals surface area contributed by atoms with E-state index in [9.17, 15) is 10.1 Å². The van der Waals surface area contributed by atoms with Crippen molar-refractivity contribution in [2.75, 3.05) is 25.1 Å². The standard InChI is InChI=1S/C18H23N3O4/c1-17(2,11-18(3)24-8-9-25-18)12-20-16-13-6-4-5-7-14(13)19-10-15(16)21(22)23/h4-7,10H,8-9,11-12H2,1-3H3,(H,19,20). The van der Waals surface area contributed by atoms with E-state index in [2.05, 4.69) is 24.1 Å². The highest BCUT2D eigenvalue weighted by Crippen LogP contribution is 2.36. The van der Waals surface area contributed by atoms with E-state index in [1.54, 1.807) is 0 Å². The Kier molecular flexibility index (Phi) is 4.62. The normalized spacial score (nSPS) is 16.9. The third kappa shape index (κ3) is 3.88. The molecule has 1 aliphatic rings. The number of nitrogens with one attached hydrogen (secondary N) is 1. The maximum Gasteiger partial charge on any atom is 0.311 e. The van der Waals surface area contributed by atoms with Crippen LogP contribution in [0.4, 0.5) is 11.4 Å². The van der Waals surface area contributed by atoms with Crippen molar-refractivity contribution >= 4 is 22.3 Å². The number of anilines is 1. The van der Waals surface area contributed by atoms with Gasteiger partial charge in [-0.15, -0.1) is 0 Å². The summed E-state index contributed by atoms with van der Waals surface area (Å²) in [6, 6.07) is 7.40. The number of fused-ring (bicyclic) bond motifs is 1. The van der Waals surface area contributed by atoms with E-state index >= 15 is 0 Å². The van der Waals surface area contributed by atoms with Gasteiger partial charge in [0.05, 0.1) is 23.7 Å². The summed E-state index contributed by atoms with van der Waals surface area (Å²) in [4.78, 5) is 15.2. The number of hydrogen-bond acceptors (Lipinski definition) is 6. The lowest BCUT2D eigenvalue weighted by atomic mass is 9.85. The summed E-state index contributed by atoms with van der Waals surface area (Å²) < 4.78 is 11.4. The van der Waals surface area contributed by atoms with Crippen LogP contribution in [0, 0.1) is 15.5 Å². The minimum absolute atomic E-state index is 0.0194. The molecule has 0 radical (unpaired) electrons. The second-order valence-corrected chi connectivity index (χ2v) is 7.32. The van der Waals surface area contributed by atoms with Gasteiger partial charge in [0.15, 0.2) is 5.79 Å². The molecule has 2 heterocycles. The number of benzene rings is 1. The molecule has 0 saturated carbocycles. The Hall–Kier alpha value is -2.25. The van der Waals surface area contributed by atoms with Crippen LogP contribution in [0.2, 0.25) is 0 Å². The average molecular weight is 345 g/mol. The maximum atomic E-state index is 11.4. The molecule has 0 unspecified atom stereocenters. The first kappa shape index (κ1) is 17.6. The first-order valence-electron chi connectivity index (χ1n) is 8.34. The van der Waals surface area contributed by atoms with Crippen molar-refractivity contribution in [3.8, 4) is 0 Å². The SMILES string of the molecule is CC(C)(CNc1c([N+](=O)[O-])cnc2ccccc12)CC1(C)OCCO1. The zero-order valence-corrected chi connectivity index (χ0v) is 14.7. The van der Waals surface area contributed by atoms with Crippen molar-refractivity contribution in [3.05, 3.63) is 40.6 Å². The summed E-state index contributed by atoms with van der Waals surface area (Å²) in [5, 5.41) is 15.4. The molecule has 0 spiro atoms. The molecule has 7 heteroatoms. The molecule has 1 saturated heterocycles. The van der Waals surface area contributed by atoms with E-state index < -0.39 is 10.7 Å². The smallest absolute Gasteiger partial charge is 0.311 e. The number of rotatable bonds is 6. The maximum absolute atomic E-state index is 11.4. The summed E-state index contributed by atoms with van der Waals surface area (Å²) in [7, 11) is 0. The van der Waals surface area contributed by atoms with E-state index in [1.165, 1.54) is 6.20 Å². The number of nitrogens with zero attached hydrogens (tertiary/aromatic N) is 2. The van der Waals surface area contributed by atoms with Crippen LogP contribution in [-0.4, -0.2) is 35.5 Å². The Morgan fingerprint density at radius 3 is 2.68 bits per heavy atom. The lowest BCUT2D eigenvalue weighted by Crippen LogP contribution is -2.36. The minimum atomic E-state index is -0.600. The second-order valence-electron chi connectivity index (χ2n) is 7.32. The fourth-order valence-electron chi connectivity index (χ4n) is 3.37. The summed E-state index contributed by atoms with van der Waals surface area (Å²) >= 11 is 0. The molecule has 0 amide bonds. The number of pyridine rings is 1. The van der Waals surface area contributed by atoms with Crippen molar-refractivity contribution in [1.29, 1.82) is 0 Å². The van der Waals surface area contributed by atoms with Gasteiger partial charge in [0.1, 0.15) is 11.9 Å². The van der Waals surface area contributed by atoms with Gasteiger partial charge >= 0.3 is 5.69 Å². The number of ether oxygens (including phenoxy) is 2. The molecule has 1 aliphatic heterocycles. The quantitative estimate of drug-likeness (QED) is 0.634. The van der Waals surface area contributed by atoms with Crippen LogP contribution in [0.25, 0.3) is 10.9 Å². The van der Waals surface area contributed by atoms with Crippen LogP contribution in [-0.2, 0) is 9.47 Å². The molecule has 1 fully saturated rings. The Morgan fingerprint density at radius 2 is 2.00 bits per heavy atom. The molecule has 2 aromatic rings. The monoisotopic (exact) mass is 345 g/mol. The van der Waals surface area contributed by atoms with Crippen LogP contribution in [0.15, 0.2) is 30.5 Å². The summed E-state index contributed by atoms with van der Waals surface area (Å²) in [5.41, 5.74) is 1.02. The Balaban J connectivity index is 1.84. The fraction of sp³-hybridized carbons (Fsp3) is 0.500. The lowest BCUT2D eigenvalue weighted by Gasteiger charge is -2.33. The molecule has 0 atom stereocenters. The number of para-hydroxylation sites is 1. The third-order valence-corrected chi connectivity index (χ3v) is 4.39. The van der Waals surface area contributed by atoms with Crippen LogP contribution < -0.4 is 5.32 Å². The largest absolute Gasteiger partial charge is 0.378 e. The van der Waals surface area contributed by atoms with Crippen molar-refractivity contribution in [2.24, 2.45) is 5.41 Å². The van der Waals surface area contributed by atoms with E-state index in [-0.39, 0.29) is 11.1 Å². The van der Waals surface area contributed by atoms with Gasteiger partial charge in [0.2, 0.25) is 0 Å². The van der Waals surface area contributed by atoms with Crippen molar-refractivity contribution in [1.82, 2.24) is 4.98 Å². The Morgan fingerprint density at radius 1 is 1.32 bits per heavy atom. The molecule has 7 nitrogen and oxygen atoms in total. The third-order valence-electron chi connectivity index (χ3n) is 4.39. The van der Waals surface area contributed by atoms with E-state index in [0.29, 0.717) is 31.9 Å². The van der Waals surface area contributed by atoms with Gasteiger partial charge in [-0.05, 0) is 18.4 Å². The van der Waals surface area contributed by atoms with Gasteiger partial charge in [0, 0.05) is 18.4 Å². The van der Waals surface area contributed by atoms with E-state index in [1.807, 2.05) is 31.2 Å². The molecule has 134 valence electrons. The zero-order chi connectivity index (χ0) is 18.1. The highest BCUT2D eigenvalue weighted by molar-refractivity contribution is 5.95. The van der Waals surface area contributed by atoms with Gasteiger partial charge in [-0.1, -0.05) is 32.0 Å². The number of hydrogen-bond donors (Lipinski definition) is 1. The van der Waals surface area contributed by atoms with Crippen molar-refractivity contribution in [3.63, 3.8) is 0 Å². The number of aromatic nitrogens is 1. The molecule has 3 rings (SSSR count). The van der Waals surface area contributed by atoms with Crippen molar-refractivity contribution in [2.45, 2.75) is 33.0 Å². The van der Waals surface area contributed by atoms with Crippen LogP contribution >= 0.6 is 0 Å². The Labute approximate surface area is 146 Å². The second kappa shape index (κ2) is 6.57. The molecule has 1 aromatic carbocycles. The summed E-state index contributed by atoms with van der Waals surface area (Å²) in [5.74, 6) is -0.600. The molecule has 25 heavy (non-hydrogen) atoms. The molecule has 1 aromatic heterocycles. The van der Waals surface area contributed by atoms with Gasteiger partial charge in [-0.25, -0.2) is 4.98 Å². The predicted octanol–water partition coefficient (Wildman–Crippen LogP) is 3.73. The summed E-state index contributed by atoms with van der Waals surface area (Å²) in [6.45, 7) is 7.86.